The van der Waals surface area contributed by atoms with E-state index < -0.39 is 32.4 Å². The second kappa shape index (κ2) is 12.6. The number of ether oxygens (including phenoxy) is 1. The molecule has 1 aliphatic heterocycles. The summed E-state index contributed by atoms with van der Waals surface area (Å²) >= 11 is 0. The average Bonchev–Trinajstić information content (AvgIpc) is 2.86. The van der Waals surface area contributed by atoms with Gasteiger partial charge in [0.15, 0.2) is 0 Å². The average molecular weight is 491 g/mol. The van der Waals surface area contributed by atoms with E-state index in [2.05, 4.69) is 12.1 Å². The van der Waals surface area contributed by atoms with E-state index in [1.165, 1.54) is 5.56 Å². The maximum Gasteiger partial charge on any atom is 0.236 e. The molecule has 0 radical (unpaired) electrons. The van der Waals surface area contributed by atoms with Crippen LogP contribution in [0.3, 0.4) is 0 Å². The monoisotopic (exact) mass is 490 g/mol. The first kappa shape index (κ1) is 25.7. The predicted molar refractivity (Wildman–Crippen MR) is 134 cm³/mol. The van der Waals surface area contributed by atoms with E-state index in [0.717, 1.165) is 37.8 Å². The van der Waals surface area contributed by atoms with E-state index in [4.69, 9.17) is 10.5 Å². The normalized spacial score (nSPS) is 17.5. The highest BCUT2D eigenvalue weighted by Crippen LogP contribution is 2.31. The molecule has 2 unspecified atom stereocenters. The number of amides is 1. The number of likely N-dealkylation sites (N-methyl/N-ethyl adjacent to an activating group) is 1. The number of aryl methyl sites for hydroxylation is 1. The smallest absolute Gasteiger partial charge is 0.236 e. The number of benzene rings is 2. The molecule has 6 nitrogen and oxygen atoms in total. The summed E-state index contributed by atoms with van der Waals surface area (Å²) in [6.45, 7) is 1.57. The summed E-state index contributed by atoms with van der Waals surface area (Å²) in [7, 11) is -0.569. The molecule has 0 aromatic heterocycles. The van der Waals surface area contributed by atoms with E-state index in [1.54, 1.807) is 0 Å². The summed E-state index contributed by atoms with van der Waals surface area (Å²) in [5.74, 6) is 0.131. The van der Waals surface area contributed by atoms with Gasteiger partial charge in [0.1, 0.15) is 4.75 Å². The highest BCUT2D eigenvalue weighted by Gasteiger charge is 2.45. The van der Waals surface area contributed by atoms with Crippen LogP contribution in [0.1, 0.15) is 36.8 Å². The van der Waals surface area contributed by atoms with Gasteiger partial charge in [-0.05, 0) is 68.8 Å². The molecule has 0 bridgehead atoms. The summed E-state index contributed by atoms with van der Waals surface area (Å²) in [4.78, 5) is 12.7. The highest BCUT2D eigenvalue weighted by molar-refractivity contribution is 7.87. The molecule has 1 fully saturated rings. The molecule has 2 N–H and O–H groups in total. The Hall–Kier alpha value is -1.87. The molecule has 2 aromatic carbocycles. The fourth-order valence-corrected chi connectivity index (χ4v) is 6.59. The Morgan fingerprint density at radius 2 is 1.61 bits per heavy atom. The minimum absolute atomic E-state index is 0.383. The molecule has 1 saturated heterocycles. The third-order valence-corrected chi connectivity index (χ3v) is 9.72. The minimum atomic E-state index is -1.50. The van der Waals surface area contributed by atoms with E-state index in [-0.39, 0.29) is 0 Å². The second-order valence-corrected chi connectivity index (χ2v) is 11.9. The van der Waals surface area contributed by atoms with Crippen LogP contribution in [0.4, 0.5) is 0 Å². The first-order valence-corrected chi connectivity index (χ1v) is 13.9. The van der Waals surface area contributed by atoms with Crippen LogP contribution in [0.2, 0.25) is 0 Å². The molecule has 33 heavy (non-hydrogen) atoms. The standard InChI is InChI=1S/C25H34N2O4S2/c1-27(17-14-21-7-3-2-4-8-21)32(29)20-6-5-9-22-10-12-23(13-11-22)33(30)25(24(26)28)15-18-31-19-16-25/h2-4,7-8,10-13H,5-6,9,14-20H2,1H3,(H2,26,28). The van der Waals surface area contributed by atoms with E-state index in [1.807, 2.05) is 53.8 Å². The van der Waals surface area contributed by atoms with Gasteiger partial charge in [-0.3, -0.25) is 9.00 Å². The lowest BCUT2D eigenvalue weighted by molar-refractivity contribution is -0.122. The third-order valence-electron chi connectivity index (χ3n) is 6.18. The van der Waals surface area contributed by atoms with Gasteiger partial charge < -0.3 is 10.5 Å². The fraction of sp³-hybridized carbons (Fsp3) is 0.480. The van der Waals surface area contributed by atoms with Gasteiger partial charge in [-0.2, -0.15) is 0 Å². The molecular formula is C25H34N2O4S2. The first-order valence-electron chi connectivity index (χ1n) is 11.4. The van der Waals surface area contributed by atoms with Crippen LogP contribution < -0.4 is 5.73 Å². The third kappa shape index (κ3) is 7.06. The van der Waals surface area contributed by atoms with Gasteiger partial charge in [-0.1, -0.05) is 42.5 Å². The van der Waals surface area contributed by atoms with Gasteiger partial charge in [0, 0.05) is 30.4 Å². The van der Waals surface area contributed by atoms with Crippen molar-refractivity contribution >= 4 is 27.7 Å². The van der Waals surface area contributed by atoms with E-state index in [0.29, 0.717) is 36.7 Å². The number of hydrogen-bond donors (Lipinski definition) is 1. The molecule has 3 rings (SSSR count). The molecule has 1 amide bonds. The summed E-state index contributed by atoms with van der Waals surface area (Å²) in [5.41, 5.74) is 8.02. The molecule has 0 spiro atoms. The number of primary amides is 1. The lowest BCUT2D eigenvalue weighted by atomic mass is 9.98. The fourth-order valence-electron chi connectivity index (χ4n) is 3.97. The maximum atomic E-state index is 13.1. The van der Waals surface area contributed by atoms with Crippen LogP contribution in [0.5, 0.6) is 0 Å². The molecule has 2 atom stereocenters. The van der Waals surface area contributed by atoms with Gasteiger partial charge in [0.25, 0.3) is 0 Å². The summed E-state index contributed by atoms with van der Waals surface area (Å²) < 4.78 is 31.8. The van der Waals surface area contributed by atoms with Crippen LogP contribution in [0.25, 0.3) is 0 Å². The van der Waals surface area contributed by atoms with Crippen molar-refractivity contribution in [1.82, 2.24) is 4.31 Å². The molecule has 0 saturated carbocycles. The number of carbonyl (C=O) groups excluding carboxylic acids is 1. The molecule has 0 aliphatic carbocycles. The van der Waals surface area contributed by atoms with Crippen LogP contribution in [-0.2, 0) is 44.2 Å². The van der Waals surface area contributed by atoms with Crippen molar-refractivity contribution in [3.63, 3.8) is 0 Å². The van der Waals surface area contributed by atoms with Gasteiger partial charge in [0.2, 0.25) is 5.91 Å². The molecule has 180 valence electrons. The number of unbranched alkanes of at least 4 members (excludes halogenated alkanes) is 1. The van der Waals surface area contributed by atoms with Crippen molar-refractivity contribution in [2.45, 2.75) is 48.2 Å². The van der Waals surface area contributed by atoms with Crippen LogP contribution in [0, 0.1) is 0 Å². The molecular weight excluding hydrogens is 456 g/mol. The zero-order chi connectivity index (χ0) is 23.7. The lowest BCUT2D eigenvalue weighted by Crippen LogP contribution is -2.51. The lowest BCUT2D eigenvalue weighted by Gasteiger charge is -2.33. The van der Waals surface area contributed by atoms with Gasteiger partial charge in [-0.25, -0.2) is 8.51 Å². The van der Waals surface area contributed by atoms with Crippen molar-refractivity contribution in [2.75, 3.05) is 32.6 Å². The summed E-state index contributed by atoms with van der Waals surface area (Å²) in [5, 5.41) is 0. The second-order valence-electron chi connectivity index (χ2n) is 8.45. The van der Waals surface area contributed by atoms with Gasteiger partial charge >= 0.3 is 0 Å². The quantitative estimate of drug-likeness (QED) is 0.463. The largest absolute Gasteiger partial charge is 0.381 e. The van der Waals surface area contributed by atoms with E-state index >= 15 is 0 Å². The minimum Gasteiger partial charge on any atom is -0.381 e. The SMILES string of the molecule is CN(CCc1ccccc1)S(=O)CCCCc1ccc(S(=O)C2(C(N)=O)CCOCC2)cc1. The van der Waals surface area contributed by atoms with Crippen molar-refractivity contribution in [2.24, 2.45) is 5.73 Å². The predicted octanol–water partition coefficient (Wildman–Crippen LogP) is 2.99. The Morgan fingerprint density at radius 1 is 0.970 bits per heavy atom. The van der Waals surface area contributed by atoms with E-state index in [9.17, 15) is 13.2 Å². The summed E-state index contributed by atoms with van der Waals surface area (Å²) in [6, 6.07) is 17.8. The molecule has 1 aliphatic rings. The molecule has 1 heterocycles. The van der Waals surface area contributed by atoms with Gasteiger partial charge in [0.05, 0.1) is 21.8 Å². The molecule has 8 heteroatoms. The Balaban J connectivity index is 1.42. The van der Waals surface area contributed by atoms with Crippen LogP contribution >= 0.6 is 0 Å². The highest BCUT2D eigenvalue weighted by atomic mass is 32.2. The number of nitrogens with zero attached hydrogens (tertiary/aromatic N) is 1. The molecule has 2 aromatic rings. The zero-order valence-corrected chi connectivity index (χ0v) is 20.9. The number of hydrogen-bond acceptors (Lipinski definition) is 4. The Labute approximate surface area is 201 Å². The number of rotatable bonds is 12. The van der Waals surface area contributed by atoms with Crippen molar-refractivity contribution < 1.29 is 17.9 Å². The van der Waals surface area contributed by atoms with Crippen LogP contribution in [-0.4, -0.2) is 55.9 Å². The van der Waals surface area contributed by atoms with Crippen molar-refractivity contribution in [3.05, 3.63) is 65.7 Å². The van der Waals surface area contributed by atoms with Crippen molar-refractivity contribution in [1.29, 1.82) is 0 Å². The number of carbonyl (C=O) groups is 1. The van der Waals surface area contributed by atoms with Gasteiger partial charge in [-0.15, -0.1) is 0 Å². The Kier molecular flexibility index (Phi) is 9.79. The van der Waals surface area contributed by atoms with Crippen LogP contribution in [0.15, 0.2) is 59.5 Å². The van der Waals surface area contributed by atoms with Crippen molar-refractivity contribution in [3.8, 4) is 0 Å². The zero-order valence-electron chi connectivity index (χ0n) is 19.2. The summed E-state index contributed by atoms with van der Waals surface area (Å²) in [6.07, 6.45) is 4.33. The number of nitrogens with two attached hydrogens (primary N) is 1. The maximum absolute atomic E-state index is 13.1. The first-order chi connectivity index (χ1) is 15.9. The Bertz CT molecular complexity index is 945. The Morgan fingerprint density at radius 3 is 2.24 bits per heavy atom. The topological polar surface area (TPSA) is 89.7 Å².